The Balaban J connectivity index is 2.23. The molecule has 0 aliphatic heterocycles. The fourth-order valence-corrected chi connectivity index (χ4v) is 19.4. The van der Waals surface area contributed by atoms with Crippen LogP contribution in [0.4, 0.5) is 0 Å². The first kappa shape index (κ1) is 17.2. The van der Waals surface area contributed by atoms with E-state index in [0.29, 0.717) is 0 Å². The van der Waals surface area contributed by atoms with E-state index in [1.165, 1.54) is 13.1 Å². The van der Waals surface area contributed by atoms with Gasteiger partial charge in [-0.05, 0) is 0 Å². The Morgan fingerprint density at radius 1 is 0.346 bits per heavy atom. The fraction of sp³-hybridized carbons (Fsp3) is 0.0400. The third-order valence-electron chi connectivity index (χ3n) is 5.98. The van der Waals surface area contributed by atoms with Gasteiger partial charge in [-0.3, -0.25) is 0 Å². The summed E-state index contributed by atoms with van der Waals surface area (Å²) in [6, 6.07) is 44.6. The van der Waals surface area contributed by atoms with Gasteiger partial charge in [-0.15, -0.1) is 0 Å². The Bertz CT molecular complexity index is 808. The summed E-state index contributed by atoms with van der Waals surface area (Å²) in [7, 11) is 0. The second-order valence-electron chi connectivity index (χ2n) is 7.21. The van der Waals surface area contributed by atoms with Crippen LogP contribution in [0.1, 0.15) is 0 Å². The first-order valence-corrected chi connectivity index (χ1v) is 16.5. The molecule has 26 heavy (non-hydrogen) atoms. The minimum atomic E-state index is -4.02. The molecule has 1 heteroatoms. The first-order chi connectivity index (χ1) is 12.7. The molecule has 0 heterocycles. The van der Waals surface area contributed by atoms with Gasteiger partial charge in [-0.25, -0.2) is 0 Å². The third kappa shape index (κ3) is 2.46. The summed E-state index contributed by atoms with van der Waals surface area (Å²) in [5, 5.41) is 0. The number of rotatable bonds is 4. The molecule has 0 aromatic heterocycles. The molecule has 0 spiro atoms. The van der Waals surface area contributed by atoms with Gasteiger partial charge >= 0.3 is 158 Å². The molecule has 0 saturated carbocycles. The molecule has 0 nitrogen and oxygen atoms in total. The molecule has 127 valence electrons. The zero-order valence-corrected chi connectivity index (χ0v) is 17.5. The van der Waals surface area contributed by atoms with Gasteiger partial charge in [-0.2, -0.15) is 0 Å². The van der Waals surface area contributed by atoms with Gasteiger partial charge in [-0.1, -0.05) is 0 Å². The van der Waals surface area contributed by atoms with Crippen molar-refractivity contribution < 1.29 is 18.8 Å². The Kier molecular flexibility index (Phi) is 4.51. The molecule has 0 atom stereocenters. The molecular weight excluding hydrogens is 391 g/mol. The predicted molar refractivity (Wildman–Crippen MR) is 110 cm³/mol. The fourth-order valence-electron chi connectivity index (χ4n) is 4.42. The van der Waals surface area contributed by atoms with Gasteiger partial charge in [0.15, 0.2) is 0 Å². The van der Waals surface area contributed by atoms with E-state index in [2.05, 4.69) is 126 Å². The van der Waals surface area contributed by atoms with Gasteiger partial charge in [0.1, 0.15) is 0 Å². The van der Waals surface area contributed by atoms with Crippen molar-refractivity contribution in [2.24, 2.45) is 0 Å². The standard InChI is InChI=1S/4C6H5.CH3.Zr/c4*1-2-4-6-5-3-1;;/h4*1-5H;1H3;. The topological polar surface area (TPSA) is 0 Å². The van der Waals surface area contributed by atoms with E-state index >= 15 is 0 Å². The van der Waals surface area contributed by atoms with E-state index < -0.39 is 18.8 Å². The van der Waals surface area contributed by atoms with Crippen LogP contribution in [0, 0.1) is 0 Å². The van der Waals surface area contributed by atoms with Crippen molar-refractivity contribution in [2.75, 3.05) is 0 Å². The summed E-state index contributed by atoms with van der Waals surface area (Å²) < 4.78 is 8.45. The predicted octanol–water partition coefficient (Wildman–Crippen LogP) is 4.03. The SMILES string of the molecule is [CH3][Zr]([c]1ccccc1)([c]1ccccc1)([c]1ccccc1)[c]1ccccc1. The monoisotopic (exact) mass is 413 g/mol. The first-order valence-electron chi connectivity index (χ1n) is 9.14. The average Bonchev–Trinajstić information content (AvgIpc) is 2.76. The summed E-state index contributed by atoms with van der Waals surface area (Å²) >= 11 is -4.02. The molecule has 0 N–H and O–H groups in total. The number of hydrogen-bond acceptors (Lipinski definition) is 0. The van der Waals surface area contributed by atoms with Crippen LogP contribution in [0.5, 0.6) is 0 Å². The normalized spacial score (nSPS) is 12.9. The second-order valence-corrected chi connectivity index (χ2v) is 21.5. The van der Waals surface area contributed by atoms with Gasteiger partial charge in [0.2, 0.25) is 0 Å². The van der Waals surface area contributed by atoms with Crippen molar-refractivity contribution >= 4 is 13.1 Å². The Labute approximate surface area is 157 Å². The maximum atomic E-state index is 2.57. The van der Waals surface area contributed by atoms with E-state index in [1.807, 2.05) is 0 Å². The van der Waals surface area contributed by atoms with Crippen LogP contribution in [0.15, 0.2) is 121 Å². The van der Waals surface area contributed by atoms with E-state index in [1.54, 1.807) is 0 Å². The van der Waals surface area contributed by atoms with Crippen molar-refractivity contribution in [3.63, 3.8) is 0 Å². The molecule has 0 radical (unpaired) electrons. The molecule has 0 aliphatic rings. The van der Waals surface area contributed by atoms with Crippen LogP contribution < -0.4 is 13.1 Å². The molecule has 4 rings (SSSR count). The van der Waals surface area contributed by atoms with Crippen molar-refractivity contribution in [3.8, 4) is 0 Å². The summed E-state index contributed by atoms with van der Waals surface area (Å²) in [5.41, 5.74) is 0. The number of benzene rings is 4. The summed E-state index contributed by atoms with van der Waals surface area (Å²) in [4.78, 5) is 0. The van der Waals surface area contributed by atoms with Gasteiger partial charge in [0.25, 0.3) is 0 Å². The Morgan fingerprint density at radius 3 is 0.731 bits per heavy atom. The molecule has 0 fully saturated rings. The van der Waals surface area contributed by atoms with Crippen molar-refractivity contribution in [1.29, 1.82) is 0 Å². The number of hydrogen-bond donors (Lipinski definition) is 0. The van der Waals surface area contributed by atoms with Gasteiger partial charge in [0, 0.05) is 0 Å². The van der Waals surface area contributed by atoms with Crippen LogP contribution in [0.2, 0.25) is 4.63 Å². The van der Waals surface area contributed by atoms with E-state index in [0.717, 1.165) is 0 Å². The van der Waals surface area contributed by atoms with Crippen LogP contribution in [-0.2, 0) is 18.8 Å². The van der Waals surface area contributed by atoms with Crippen LogP contribution in [0.25, 0.3) is 0 Å². The van der Waals surface area contributed by atoms with Gasteiger partial charge < -0.3 is 0 Å². The molecule has 0 saturated heterocycles. The summed E-state index contributed by atoms with van der Waals surface area (Å²) in [5.74, 6) is 0. The van der Waals surface area contributed by atoms with Crippen LogP contribution in [-0.4, -0.2) is 0 Å². The molecule has 4 aromatic rings. The van der Waals surface area contributed by atoms with E-state index in [-0.39, 0.29) is 0 Å². The maximum absolute atomic E-state index is 4.02. The molecule has 0 amide bonds. The van der Waals surface area contributed by atoms with Crippen LogP contribution in [0.3, 0.4) is 0 Å². The average molecular weight is 415 g/mol. The van der Waals surface area contributed by atoms with E-state index in [9.17, 15) is 0 Å². The molecule has 4 aromatic carbocycles. The molecular formula is C25H23Zr. The Hall–Kier alpha value is -2.24. The summed E-state index contributed by atoms with van der Waals surface area (Å²) in [6.07, 6.45) is 0. The Morgan fingerprint density at radius 2 is 0.538 bits per heavy atom. The molecule has 0 aliphatic carbocycles. The van der Waals surface area contributed by atoms with Crippen molar-refractivity contribution in [1.82, 2.24) is 0 Å². The van der Waals surface area contributed by atoms with Crippen molar-refractivity contribution in [2.45, 2.75) is 4.63 Å². The minimum absolute atomic E-state index is 1.47. The van der Waals surface area contributed by atoms with Crippen LogP contribution >= 0.6 is 0 Å². The molecule has 0 bridgehead atoms. The summed E-state index contributed by atoms with van der Waals surface area (Å²) in [6.45, 7) is 0. The quantitative estimate of drug-likeness (QED) is 0.473. The molecule has 0 unspecified atom stereocenters. The second kappa shape index (κ2) is 6.82. The third-order valence-corrected chi connectivity index (χ3v) is 23.5. The van der Waals surface area contributed by atoms with E-state index in [4.69, 9.17) is 0 Å². The van der Waals surface area contributed by atoms with Gasteiger partial charge in [0.05, 0.1) is 0 Å². The van der Waals surface area contributed by atoms with Crippen molar-refractivity contribution in [3.05, 3.63) is 121 Å². The zero-order valence-electron chi connectivity index (χ0n) is 15.0. The zero-order chi connectivity index (χ0) is 17.9.